The van der Waals surface area contributed by atoms with Gasteiger partial charge in [0.25, 0.3) is 5.91 Å². The van der Waals surface area contributed by atoms with Gasteiger partial charge in [0.2, 0.25) is 10.0 Å². The third-order valence-electron chi connectivity index (χ3n) is 4.29. The molecule has 162 valence electrons. The fourth-order valence-electron chi connectivity index (χ4n) is 2.76. The maximum Gasteiger partial charge on any atom is 0.258 e. The van der Waals surface area contributed by atoms with E-state index >= 15 is 0 Å². The van der Waals surface area contributed by atoms with Gasteiger partial charge in [-0.15, -0.1) is 0 Å². The van der Waals surface area contributed by atoms with Gasteiger partial charge in [-0.25, -0.2) is 8.42 Å². The lowest BCUT2D eigenvalue weighted by molar-refractivity contribution is -0.123. The van der Waals surface area contributed by atoms with E-state index in [4.69, 9.17) is 25.8 Å². The standard InChI is InChI=1S/C20H23ClN2O6S/c21-16-2-1-3-18(14-16)29-15-20(24)22-8-11-28-17-4-6-19(7-5-17)30(25,26)23-9-12-27-13-10-23/h1-7,14H,8-13,15H2,(H,22,24). The first-order chi connectivity index (χ1) is 14.4. The first kappa shape index (κ1) is 22.4. The van der Waals surface area contributed by atoms with E-state index in [0.29, 0.717) is 42.8 Å². The van der Waals surface area contributed by atoms with Gasteiger partial charge in [0.05, 0.1) is 24.7 Å². The number of halogens is 1. The van der Waals surface area contributed by atoms with Crippen LogP contribution in [-0.2, 0) is 19.6 Å². The number of nitrogens with zero attached hydrogens (tertiary/aromatic N) is 1. The maximum absolute atomic E-state index is 12.6. The molecule has 3 rings (SSSR count). The van der Waals surface area contributed by atoms with Gasteiger partial charge in [0.15, 0.2) is 6.61 Å². The second-order valence-electron chi connectivity index (χ2n) is 6.43. The zero-order valence-electron chi connectivity index (χ0n) is 16.3. The highest BCUT2D eigenvalue weighted by molar-refractivity contribution is 7.89. The summed E-state index contributed by atoms with van der Waals surface area (Å²) in [6, 6.07) is 13.0. The molecule has 0 aromatic heterocycles. The van der Waals surface area contributed by atoms with Crippen molar-refractivity contribution in [1.82, 2.24) is 9.62 Å². The summed E-state index contributed by atoms with van der Waals surface area (Å²) in [5, 5.41) is 3.21. The van der Waals surface area contributed by atoms with Crippen molar-refractivity contribution in [2.75, 3.05) is 46.1 Å². The smallest absolute Gasteiger partial charge is 0.258 e. The van der Waals surface area contributed by atoms with Gasteiger partial charge in [0.1, 0.15) is 18.1 Å². The highest BCUT2D eigenvalue weighted by atomic mass is 35.5. The lowest BCUT2D eigenvalue weighted by Crippen LogP contribution is -2.40. The number of hydrogen-bond acceptors (Lipinski definition) is 6. The van der Waals surface area contributed by atoms with Crippen LogP contribution in [0.15, 0.2) is 53.4 Å². The molecule has 0 bridgehead atoms. The summed E-state index contributed by atoms with van der Waals surface area (Å²) in [6.45, 7) is 1.88. The number of amides is 1. The summed E-state index contributed by atoms with van der Waals surface area (Å²) in [7, 11) is -3.53. The normalized spacial score (nSPS) is 14.8. The summed E-state index contributed by atoms with van der Waals surface area (Å²) in [4.78, 5) is 12.0. The first-order valence-electron chi connectivity index (χ1n) is 9.41. The second-order valence-corrected chi connectivity index (χ2v) is 8.81. The van der Waals surface area contributed by atoms with Crippen LogP contribution in [0.25, 0.3) is 0 Å². The first-order valence-corrected chi connectivity index (χ1v) is 11.2. The number of carbonyl (C=O) groups excluding carboxylic acids is 1. The molecule has 2 aromatic rings. The molecule has 1 amide bonds. The third-order valence-corrected chi connectivity index (χ3v) is 6.44. The van der Waals surface area contributed by atoms with Gasteiger partial charge in [0, 0.05) is 18.1 Å². The van der Waals surface area contributed by atoms with E-state index < -0.39 is 10.0 Å². The SMILES string of the molecule is O=C(COc1cccc(Cl)c1)NCCOc1ccc(S(=O)(=O)N2CCOCC2)cc1. The fraction of sp³-hybridized carbons (Fsp3) is 0.350. The van der Waals surface area contributed by atoms with Crippen LogP contribution in [0.3, 0.4) is 0 Å². The van der Waals surface area contributed by atoms with Gasteiger partial charge in [-0.05, 0) is 42.5 Å². The summed E-state index contributed by atoms with van der Waals surface area (Å²) in [5.74, 6) is 0.743. The Morgan fingerprint density at radius 1 is 1.07 bits per heavy atom. The lowest BCUT2D eigenvalue weighted by Gasteiger charge is -2.26. The van der Waals surface area contributed by atoms with E-state index in [1.165, 1.54) is 16.4 Å². The molecule has 0 saturated carbocycles. The Labute approximate surface area is 180 Å². The Bertz CT molecular complexity index is 946. The van der Waals surface area contributed by atoms with Gasteiger partial charge in [-0.2, -0.15) is 4.31 Å². The zero-order chi connectivity index (χ0) is 21.4. The number of rotatable bonds is 9. The number of sulfonamides is 1. The molecule has 0 spiro atoms. The highest BCUT2D eigenvalue weighted by Crippen LogP contribution is 2.20. The van der Waals surface area contributed by atoms with Gasteiger partial charge in [-0.3, -0.25) is 4.79 Å². The minimum atomic E-state index is -3.53. The van der Waals surface area contributed by atoms with Crippen molar-refractivity contribution in [2.24, 2.45) is 0 Å². The molecule has 8 nitrogen and oxygen atoms in total. The summed E-state index contributed by atoms with van der Waals surface area (Å²) in [6.07, 6.45) is 0. The van der Waals surface area contributed by atoms with Crippen LogP contribution in [0.1, 0.15) is 0 Å². The molecular formula is C20H23ClN2O6S. The maximum atomic E-state index is 12.6. The van der Waals surface area contributed by atoms with Crippen LogP contribution >= 0.6 is 11.6 Å². The number of ether oxygens (including phenoxy) is 3. The number of benzene rings is 2. The summed E-state index contributed by atoms with van der Waals surface area (Å²) in [5.41, 5.74) is 0. The predicted octanol–water partition coefficient (Wildman–Crippen LogP) is 1.93. The Hall–Kier alpha value is -2.33. The molecule has 0 radical (unpaired) electrons. The van der Waals surface area contributed by atoms with Crippen molar-refractivity contribution in [3.63, 3.8) is 0 Å². The molecule has 30 heavy (non-hydrogen) atoms. The molecule has 0 unspecified atom stereocenters. The molecular weight excluding hydrogens is 432 g/mol. The molecule has 1 aliphatic heterocycles. The van der Waals surface area contributed by atoms with Gasteiger partial charge < -0.3 is 19.5 Å². The molecule has 0 aliphatic carbocycles. The minimum Gasteiger partial charge on any atom is -0.492 e. The van der Waals surface area contributed by atoms with Gasteiger partial charge >= 0.3 is 0 Å². The second kappa shape index (κ2) is 10.6. The average molecular weight is 455 g/mol. The van der Waals surface area contributed by atoms with Crippen LogP contribution in [0.4, 0.5) is 0 Å². The molecule has 1 N–H and O–H groups in total. The van der Waals surface area contributed by atoms with Crippen LogP contribution < -0.4 is 14.8 Å². The number of carbonyl (C=O) groups is 1. The van der Waals surface area contributed by atoms with E-state index in [1.807, 2.05) is 0 Å². The van der Waals surface area contributed by atoms with Crippen molar-refractivity contribution in [3.8, 4) is 11.5 Å². The van der Waals surface area contributed by atoms with Crippen LogP contribution in [0, 0.1) is 0 Å². The van der Waals surface area contributed by atoms with E-state index in [2.05, 4.69) is 5.32 Å². The largest absolute Gasteiger partial charge is 0.492 e. The molecule has 1 heterocycles. The molecule has 2 aromatic carbocycles. The van der Waals surface area contributed by atoms with E-state index in [1.54, 1.807) is 36.4 Å². The quantitative estimate of drug-likeness (QED) is 0.582. The van der Waals surface area contributed by atoms with Crippen molar-refractivity contribution < 1.29 is 27.4 Å². The van der Waals surface area contributed by atoms with Crippen LogP contribution in [0.2, 0.25) is 5.02 Å². The average Bonchev–Trinajstić information content (AvgIpc) is 2.76. The summed E-state index contributed by atoms with van der Waals surface area (Å²) < 4.78 is 42.7. The summed E-state index contributed by atoms with van der Waals surface area (Å²) >= 11 is 5.86. The minimum absolute atomic E-state index is 0.131. The van der Waals surface area contributed by atoms with E-state index in [-0.39, 0.29) is 30.6 Å². The van der Waals surface area contributed by atoms with E-state index in [0.717, 1.165) is 0 Å². The monoisotopic (exact) mass is 454 g/mol. The predicted molar refractivity (Wildman–Crippen MR) is 111 cm³/mol. The van der Waals surface area contributed by atoms with Crippen molar-refractivity contribution in [1.29, 1.82) is 0 Å². The molecule has 10 heteroatoms. The Morgan fingerprint density at radius 2 is 1.80 bits per heavy atom. The van der Waals surface area contributed by atoms with Crippen molar-refractivity contribution >= 4 is 27.5 Å². The third kappa shape index (κ3) is 6.33. The van der Waals surface area contributed by atoms with Gasteiger partial charge in [-0.1, -0.05) is 17.7 Å². The Balaban J connectivity index is 1.39. The van der Waals surface area contributed by atoms with E-state index in [9.17, 15) is 13.2 Å². The van der Waals surface area contributed by atoms with Crippen LogP contribution in [0.5, 0.6) is 11.5 Å². The molecule has 1 fully saturated rings. The zero-order valence-corrected chi connectivity index (χ0v) is 17.8. The van der Waals surface area contributed by atoms with Crippen LogP contribution in [-0.4, -0.2) is 64.7 Å². The molecule has 1 saturated heterocycles. The lowest BCUT2D eigenvalue weighted by atomic mass is 10.3. The molecule has 0 atom stereocenters. The highest BCUT2D eigenvalue weighted by Gasteiger charge is 2.26. The number of nitrogens with one attached hydrogen (secondary N) is 1. The Morgan fingerprint density at radius 3 is 2.50 bits per heavy atom. The molecule has 1 aliphatic rings. The van der Waals surface area contributed by atoms with Crippen molar-refractivity contribution in [3.05, 3.63) is 53.6 Å². The number of morpholine rings is 1. The Kier molecular flexibility index (Phi) is 7.92. The fourth-order valence-corrected chi connectivity index (χ4v) is 4.35. The number of hydrogen-bond donors (Lipinski definition) is 1. The topological polar surface area (TPSA) is 94.2 Å². The van der Waals surface area contributed by atoms with Crippen molar-refractivity contribution in [2.45, 2.75) is 4.90 Å².